The lowest BCUT2D eigenvalue weighted by molar-refractivity contribution is -0.130. The number of pyridine rings is 1. The number of carboxylic acids is 1. The van der Waals surface area contributed by atoms with E-state index in [2.05, 4.69) is 77.8 Å². The Bertz CT molecular complexity index is 2650. The van der Waals surface area contributed by atoms with Gasteiger partial charge in [0.25, 0.3) is 0 Å². The van der Waals surface area contributed by atoms with Crippen molar-refractivity contribution in [2.24, 2.45) is 0 Å². The van der Waals surface area contributed by atoms with Crippen LogP contribution in [0.4, 0.5) is 0 Å². The van der Waals surface area contributed by atoms with Gasteiger partial charge in [0.15, 0.2) is 17.2 Å². The summed E-state index contributed by atoms with van der Waals surface area (Å²) in [5.74, 6) is 1.15. The molecule has 8 rings (SSSR count). The minimum atomic E-state index is -1.07. The average molecular weight is 800 g/mol. The fraction of sp³-hybridized carbons (Fsp3) is 0.0800. The van der Waals surface area contributed by atoms with Gasteiger partial charge >= 0.3 is 5.97 Å². The van der Waals surface area contributed by atoms with E-state index in [0.717, 1.165) is 32.3 Å². The van der Waals surface area contributed by atoms with Crippen LogP contribution >= 0.6 is 22.9 Å². The summed E-state index contributed by atoms with van der Waals surface area (Å²) in [5, 5.41) is 11.6. The molecule has 286 valence electrons. The number of benzene rings is 6. The van der Waals surface area contributed by atoms with E-state index >= 15 is 0 Å². The Labute approximate surface area is 346 Å². The molecule has 0 aliphatic heterocycles. The van der Waals surface area contributed by atoms with E-state index in [9.17, 15) is 9.90 Å². The van der Waals surface area contributed by atoms with E-state index in [-0.39, 0.29) is 5.57 Å². The maximum atomic E-state index is 12.6. The second kappa shape index (κ2) is 18.1. The van der Waals surface area contributed by atoms with Gasteiger partial charge in [0.1, 0.15) is 5.75 Å². The number of hydrogen-bond acceptors (Lipinski definition) is 6. The SMILES string of the molecule is O=C(O)/C(=C/c1sc2cc(OCCc3ccc(-c4ccccc4)cc3)c(OCCc3ccc(-c4ccccc4)cc3)cc2c1Oc1ccc(Cl)cc1)c1ccncc1. The summed E-state index contributed by atoms with van der Waals surface area (Å²) >= 11 is 7.62. The second-order valence-electron chi connectivity index (χ2n) is 13.6. The van der Waals surface area contributed by atoms with Gasteiger partial charge in [0, 0.05) is 46.4 Å². The van der Waals surface area contributed by atoms with E-state index in [1.165, 1.54) is 22.5 Å². The van der Waals surface area contributed by atoms with Crippen LogP contribution in [-0.4, -0.2) is 29.3 Å². The summed E-state index contributed by atoms with van der Waals surface area (Å²) in [4.78, 5) is 17.3. The molecule has 0 saturated carbocycles. The van der Waals surface area contributed by atoms with Gasteiger partial charge in [-0.3, -0.25) is 4.98 Å². The molecule has 0 aliphatic rings. The van der Waals surface area contributed by atoms with Gasteiger partial charge in [-0.05, 0) is 87.5 Å². The van der Waals surface area contributed by atoms with Crippen molar-refractivity contribution in [3.63, 3.8) is 0 Å². The molecule has 2 heterocycles. The van der Waals surface area contributed by atoms with Gasteiger partial charge in [0.05, 0.1) is 23.7 Å². The van der Waals surface area contributed by atoms with Crippen molar-refractivity contribution in [2.45, 2.75) is 12.8 Å². The highest BCUT2D eigenvalue weighted by atomic mass is 35.5. The monoisotopic (exact) mass is 799 g/mol. The van der Waals surface area contributed by atoms with Crippen LogP contribution in [0.3, 0.4) is 0 Å². The summed E-state index contributed by atoms with van der Waals surface area (Å²) in [6, 6.07) is 52.0. The zero-order valence-electron chi connectivity index (χ0n) is 31.4. The largest absolute Gasteiger partial charge is 0.489 e. The predicted molar refractivity (Wildman–Crippen MR) is 235 cm³/mol. The number of nitrogens with zero attached hydrogens (tertiary/aromatic N) is 1. The number of thiophene rings is 1. The molecule has 0 unspecified atom stereocenters. The van der Waals surface area contributed by atoms with Gasteiger partial charge in [-0.15, -0.1) is 11.3 Å². The van der Waals surface area contributed by atoms with Gasteiger partial charge in [0.2, 0.25) is 0 Å². The molecule has 0 amide bonds. The Hall–Kier alpha value is -6.67. The Morgan fingerprint density at radius 2 is 1.16 bits per heavy atom. The fourth-order valence-corrected chi connectivity index (χ4v) is 7.84. The molecule has 0 aliphatic carbocycles. The number of ether oxygens (including phenoxy) is 3. The van der Waals surface area contributed by atoms with Crippen LogP contribution < -0.4 is 14.2 Å². The van der Waals surface area contributed by atoms with Crippen LogP contribution in [0.15, 0.2) is 170 Å². The molecule has 6 aromatic carbocycles. The van der Waals surface area contributed by atoms with Crippen LogP contribution in [0.2, 0.25) is 5.02 Å². The summed E-state index contributed by atoms with van der Waals surface area (Å²) < 4.78 is 20.4. The second-order valence-corrected chi connectivity index (χ2v) is 15.1. The zero-order chi connectivity index (χ0) is 39.7. The third-order valence-electron chi connectivity index (χ3n) is 9.68. The minimum absolute atomic E-state index is 0.111. The van der Waals surface area contributed by atoms with Crippen molar-refractivity contribution in [3.05, 3.63) is 197 Å². The molecule has 0 radical (unpaired) electrons. The summed E-state index contributed by atoms with van der Waals surface area (Å²) in [5.41, 5.74) is 7.61. The highest BCUT2D eigenvalue weighted by Crippen LogP contribution is 2.46. The van der Waals surface area contributed by atoms with Crippen molar-refractivity contribution >= 4 is 50.6 Å². The maximum Gasteiger partial charge on any atom is 0.336 e. The normalized spacial score (nSPS) is 11.4. The lowest BCUT2D eigenvalue weighted by Gasteiger charge is -2.14. The highest BCUT2D eigenvalue weighted by molar-refractivity contribution is 7.20. The van der Waals surface area contributed by atoms with E-state index in [4.69, 9.17) is 25.8 Å². The predicted octanol–water partition coefficient (Wildman–Crippen LogP) is 12.9. The Kier molecular flexibility index (Phi) is 11.9. The number of aromatic nitrogens is 1. The summed E-state index contributed by atoms with van der Waals surface area (Å²) in [7, 11) is 0. The Morgan fingerprint density at radius 3 is 1.69 bits per heavy atom. The molecule has 1 N–H and O–H groups in total. The number of carboxylic acid groups (broad SMARTS) is 1. The molecule has 0 bridgehead atoms. The first-order chi connectivity index (χ1) is 28.5. The standard InChI is InChI=1S/C50H38ClNO5S/c51-41-19-21-42(22-20-41)57-49-44-31-45(55-29-25-34-11-15-38(16-12-34)36-7-3-1-4-8-36)46(56-30-26-35-13-17-39(18-14-35)37-9-5-2-6-10-37)33-47(44)58-48(49)32-43(50(53)54)40-23-27-52-28-24-40/h1-24,27-28,31-33H,25-26,29-30H2,(H,53,54)/b43-32+. The van der Waals surface area contributed by atoms with Crippen molar-refractivity contribution in [2.75, 3.05) is 13.2 Å². The van der Waals surface area contributed by atoms with E-state index < -0.39 is 5.97 Å². The third-order valence-corrected chi connectivity index (χ3v) is 11.0. The van der Waals surface area contributed by atoms with Crippen molar-refractivity contribution in [1.82, 2.24) is 4.98 Å². The lowest BCUT2D eigenvalue weighted by atomic mass is 10.0. The molecule has 58 heavy (non-hydrogen) atoms. The molecule has 2 aromatic heterocycles. The molecule has 0 atom stereocenters. The van der Waals surface area contributed by atoms with Crippen molar-refractivity contribution in [3.8, 4) is 45.3 Å². The van der Waals surface area contributed by atoms with Gasteiger partial charge in [-0.25, -0.2) is 4.79 Å². The van der Waals surface area contributed by atoms with Gasteiger partial charge < -0.3 is 19.3 Å². The van der Waals surface area contributed by atoms with Gasteiger partial charge in [-0.1, -0.05) is 121 Å². The fourth-order valence-electron chi connectivity index (χ4n) is 6.62. The highest BCUT2D eigenvalue weighted by Gasteiger charge is 2.21. The number of fused-ring (bicyclic) bond motifs is 1. The van der Waals surface area contributed by atoms with Gasteiger partial charge in [-0.2, -0.15) is 0 Å². The van der Waals surface area contributed by atoms with Crippen LogP contribution in [0.25, 0.3) is 44.0 Å². The lowest BCUT2D eigenvalue weighted by Crippen LogP contribution is -2.06. The zero-order valence-corrected chi connectivity index (χ0v) is 33.0. The molecular formula is C50H38ClNO5S. The van der Waals surface area contributed by atoms with Crippen LogP contribution in [0.5, 0.6) is 23.0 Å². The van der Waals surface area contributed by atoms with Crippen molar-refractivity contribution in [1.29, 1.82) is 0 Å². The Morgan fingerprint density at radius 1 is 0.638 bits per heavy atom. The van der Waals surface area contributed by atoms with E-state index in [1.807, 2.05) is 48.5 Å². The first-order valence-electron chi connectivity index (χ1n) is 18.9. The smallest absolute Gasteiger partial charge is 0.336 e. The topological polar surface area (TPSA) is 77.9 Å². The molecule has 6 nitrogen and oxygen atoms in total. The molecule has 0 spiro atoms. The summed E-state index contributed by atoms with van der Waals surface area (Å²) in [6.45, 7) is 0.827. The maximum absolute atomic E-state index is 12.6. The summed E-state index contributed by atoms with van der Waals surface area (Å²) in [6.07, 6.45) is 6.17. The van der Waals surface area contributed by atoms with Crippen molar-refractivity contribution < 1.29 is 24.1 Å². The quantitative estimate of drug-likeness (QED) is 0.104. The average Bonchev–Trinajstić information content (AvgIpc) is 3.59. The molecule has 8 heteroatoms. The number of aliphatic carboxylic acids is 1. The van der Waals surface area contributed by atoms with Crippen LogP contribution in [0.1, 0.15) is 21.6 Å². The first kappa shape index (κ1) is 38.2. The number of halogens is 1. The number of rotatable bonds is 15. The number of carbonyl (C=O) groups is 1. The van der Waals surface area contributed by atoms with Crippen LogP contribution in [0, 0.1) is 0 Å². The number of hydrogen-bond donors (Lipinski definition) is 1. The first-order valence-corrected chi connectivity index (χ1v) is 20.1. The van der Waals surface area contributed by atoms with Crippen LogP contribution in [-0.2, 0) is 17.6 Å². The minimum Gasteiger partial charge on any atom is -0.489 e. The van der Waals surface area contributed by atoms with E-state index in [0.29, 0.717) is 64.5 Å². The third kappa shape index (κ3) is 9.30. The molecule has 0 saturated heterocycles. The molecule has 8 aromatic rings. The molecule has 0 fully saturated rings. The van der Waals surface area contributed by atoms with E-state index in [1.54, 1.807) is 54.9 Å². The molecular weight excluding hydrogens is 762 g/mol. The Balaban J connectivity index is 1.11.